The number of ether oxygens (including phenoxy) is 1. The molecule has 8 nitrogen and oxygen atoms in total. The number of aliphatic hydroxyl groups excluding tert-OH is 3. The highest BCUT2D eigenvalue weighted by atomic mass is 32.2. The van der Waals surface area contributed by atoms with E-state index in [4.69, 9.17) is 4.74 Å². The molecular formula is C28H28F3N3O5S. The lowest BCUT2D eigenvalue weighted by Gasteiger charge is -2.44. The van der Waals surface area contributed by atoms with Crippen LogP contribution in [0.4, 0.5) is 13.2 Å². The number of benzene rings is 3. The second-order valence-electron chi connectivity index (χ2n) is 10.3. The Labute approximate surface area is 232 Å². The van der Waals surface area contributed by atoms with Crippen molar-refractivity contribution in [3.8, 4) is 11.3 Å². The van der Waals surface area contributed by atoms with Crippen LogP contribution >= 0.6 is 11.8 Å². The normalized spacial score (nSPS) is 24.4. The van der Waals surface area contributed by atoms with Crippen LogP contribution < -0.4 is 0 Å². The van der Waals surface area contributed by atoms with Gasteiger partial charge in [0, 0.05) is 5.56 Å². The lowest BCUT2D eigenvalue weighted by Crippen LogP contribution is -2.55. The van der Waals surface area contributed by atoms with Crippen molar-refractivity contribution in [2.24, 2.45) is 0 Å². The highest BCUT2D eigenvalue weighted by Gasteiger charge is 2.48. The van der Waals surface area contributed by atoms with Gasteiger partial charge in [-0.05, 0) is 42.3 Å². The Morgan fingerprint density at radius 3 is 2.38 bits per heavy atom. The van der Waals surface area contributed by atoms with E-state index in [1.54, 1.807) is 13.8 Å². The number of hydrogen-bond acceptors (Lipinski definition) is 8. The molecule has 5 rings (SSSR count). The molecule has 1 fully saturated rings. The average Bonchev–Trinajstić information content (AvgIpc) is 3.40. The van der Waals surface area contributed by atoms with Crippen LogP contribution in [0.5, 0.6) is 0 Å². The molecule has 1 aliphatic heterocycles. The summed E-state index contributed by atoms with van der Waals surface area (Å²) in [7, 11) is 0. The van der Waals surface area contributed by atoms with Crippen LogP contribution in [0.25, 0.3) is 22.0 Å². The predicted octanol–water partition coefficient (Wildman–Crippen LogP) is 3.74. The van der Waals surface area contributed by atoms with Crippen molar-refractivity contribution in [2.75, 3.05) is 6.61 Å². The molecule has 0 bridgehead atoms. The van der Waals surface area contributed by atoms with Gasteiger partial charge in [-0.2, -0.15) is 0 Å². The van der Waals surface area contributed by atoms with E-state index in [1.807, 2.05) is 42.5 Å². The standard InChI is InChI=1S/C28H28F3N3O5S/c1-28(2,38)26(17-9-5-7-14-6-3-4-8-16(14)17)40-27-25(37)23(24(36)21(13-35)39-27)34-12-20(32-33-34)15-10-18(29)22(31)19(30)11-15/h3-12,21,23-27,35-38H,13H2,1-2H3/t21-,23+,24+,25-,26-,27+/m1/s1. The molecular weight excluding hydrogens is 547 g/mol. The summed E-state index contributed by atoms with van der Waals surface area (Å²) in [4.78, 5) is 0. The van der Waals surface area contributed by atoms with Crippen molar-refractivity contribution in [1.82, 2.24) is 15.0 Å². The molecule has 0 radical (unpaired) electrons. The largest absolute Gasteiger partial charge is 0.394 e. The van der Waals surface area contributed by atoms with E-state index in [0.29, 0.717) is 0 Å². The van der Waals surface area contributed by atoms with Crippen LogP contribution in [0.1, 0.15) is 30.7 Å². The minimum absolute atomic E-state index is 0.0291. The van der Waals surface area contributed by atoms with Gasteiger partial charge in [0.2, 0.25) is 0 Å². The summed E-state index contributed by atoms with van der Waals surface area (Å²) in [6.45, 7) is 2.70. The van der Waals surface area contributed by atoms with Gasteiger partial charge in [-0.25, -0.2) is 17.9 Å². The molecule has 1 aromatic heterocycles. The first-order valence-corrected chi connectivity index (χ1v) is 13.5. The molecule has 1 saturated heterocycles. The Morgan fingerprint density at radius 1 is 1.02 bits per heavy atom. The van der Waals surface area contributed by atoms with Crippen molar-refractivity contribution in [3.05, 3.63) is 83.8 Å². The number of aromatic nitrogens is 3. The van der Waals surface area contributed by atoms with E-state index in [-0.39, 0.29) is 11.3 Å². The molecule has 12 heteroatoms. The molecule has 212 valence electrons. The van der Waals surface area contributed by atoms with Gasteiger partial charge in [0.1, 0.15) is 35.5 Å². The molecule has 0 saturated carbocycles. The fourth-order valence-corrected chi connectivity index (χ4v) is 6.47. The average molecular weight is 576 g/mol. The molecule has 6 atom stereocenters. The Kier molecular flexibility index (Phi) is 7.92. The first-order chi connectivity index (χ1) is 19.0. The number of nitrogens with zero attached hydrogens (tertiary/aromatic N) is 3. The molecule has 40 heavy (non-hydrogen) atoms. The number of aliphatic hydroxyl groups is 4. The number of halogens is 3. The molecule has 0 spiro atoms. The zero-order valence-electron chi connectivity index (χ0n) is 21.5. The van der Waals surface area contributed by atoms with E-state index in [0.717, 1.165) is 44.9 Å². The van der Waals surface area contributed by atoms with Gasteiger partial charge in [0.15, 0.2) is 17.5 Å². The van der Waals surface area contributed by atoms with Crippen molar-refractivity contribution in [2.45, 2.75) is 54.5 Å². The maximum absolute atomic E-state index is 13.8. The van der Waals surface area contributed by atoms with Crippen LogP contribution in [-0.4, -0.2) is 71.4 Å². The van der Waals surface area contributed by atoms with Crippen LogP contribution in [-0.2, 0) is 4.74 Å². The first-order valence-electron chi connectivity index (χ1n) is 12.5. The maximum atomic E-state index is 13.8. The lowest BCUT2D eigenvalue weighted by atomic mass is 9.93. The van der Waals surface area contributed by atoms with E-state index in [1.165, 1.54) is 6.20 Å². The van der Waals surface area contributed by atoms with Crippen LogP contribution in [0.3, 0.4) is 0 Å². The molecule has 4 aromatic rings. The second kappa shape index (κ2) is 11.1. The maximum Gasteiger partial charge on any atom is 0.194 e. The van der Waals surface area contributed by atoms with Gasteiger partial charge in [0.25, 0.3) is 0 Å². The van der Waals surface area contributed by atoms with Crippen molar-refractivity contribution >= 4 is 22.5 Å². The lowest BCUT2D eigenvalue weighted by molar-refractivity contribution is -0.178. The molecule has 3 aromatic carbocycles. The van der Waals surface area contributed by atoms with E-state index in [9.17, 15) is 33.6 Å². The van der Waals surface area contributed by atoms with Gasteiger partial charge >= 0.3 is 0 Å². The fourth-order valence-electron chi connectivity index (χ4n) is 4.98. The van der Waals surface area contributed by atoms with Crippen LogP contribution in [0.2, 0.25) is 0 Å². The topological polar surface area (TPSA) is 121 Å². The summed E-state index contributed by atoms with van der Waals surface area (Å²) < 4.78 is 48.1. The Bertz CT molecular complexity index is 1490. The van der Waals surface area contributed by atoms with E-state index in [2.05, 4.69) is 10.3 Å². The molecule has 2 heterocycles. The number of fused-ring (bicyclic) bond motifs is 1. The fraction of sp³-hybridized carbons (Fsp3) is 0.357. The van der Waals surface area contributed by atoms with Crippen molar-refractivity contribution in [3.63, 3.8) is 0 Å². The highest BCUT2D eigenvalue weighted by Crippen LogP contribution is 2.47. The number of hydrogen-bond donors (Lipinski definition) is 4. The van der Waals surface area contributed by atoms with Crippen molar-refractivity contribution in [1.29, 1.82) is 0 Å². The summed E-state index contributed by atoms with van der Waals surface area (Å²) >= 11 is 1.13. The third kappa shape index (κ3) is 5.35. The molecule has 1 aliphatic rings. The smallest absolute Gasteiger partial charge is 0.194 e. The zero-order valence-corrected chi connectivity index (χ0v) is 22.3. The Morgan fingerprint density at radius 2 is 1.70 bits per heavy atom. The zero-order chi connectivity index (χ0) is 28.8. The molecule has 0 aliphatic carbocycles. The number of rotatable bonds is 7. The minimum Gasteiger partial charge on any atom is -0.394 e. The SMILES string of the molecule is CC(C)(O)[C@H](S[C@@H]1O[C@H](CO)[C@H](O)[C@H](n2cc(-c3cc(F)c(F)c(F)c3)nn2)[C@H]1O)c1cccc2ccccc12. The van der Waals surface area contributed by atoms with E-state index >= 15 is 0 Å². The van der Waals surface area contributed by atoms with Gasteiger partial charge in [-0.15, -0.1) is 16.9 Å². The summed E-state index contributed by atoms with van der Waals surface area (Å²) in [6, 6.07) is 13.7. The summed E-state index contributed by atoms with van der Waals surface area (Å²) in [6.07, 6.45) is -2.73. The second-order valence-corrected chi connectivity index (χ2v) is 11.5. The third-order valence-corrected chi connectivity index (χ3v) is 8.72. The highest BCUT2D eigenvalue weighted by molar-refractivity contribution is 8.00. The monoisotopic (exact) mass is 575 g/mol. The quantitative estimate of drug-likeness (QED) is 0.246. The third-order valence-electron chi connectivity index (χ3n) is 6.96. The molecule has 0 amide bonds. The first kappa shape index (κ1) is 28.5. The summed E-state index contributed by atoms with van der Waals surface area (Å²) in [5.74, 6) is -4.43. The van der Waals surface area contributed by atoms with Gasteiger partial charge in [0.05, 0.1) is 23.7 Å². The summed E-state index contributed by atoms with van der Waals surface area (Å²) in [5.41, 5.74) is -1.65. The van der Waals surface area contributed by atoms with Gasteiger partial charge in [-0.3, -0.25) is 0 Å². The molecule has 0 unspecified atom stereocenters. The Hall–Kier alpha value is -3.00. The van der Waals surface area contributed by atoms with Crippen molar-refractivity contribution < 1.29 is 38.3 Å². The molecule has 4 N–H and O–H groups in total. The van der Waals surface area contributed by atoms with E-state index < -0.39 is 64.7 Å². The van der Waals surface area contributed by atoms with Crippen LogP contribution in [0.15, 0.2) is 60.8 Å². The Balaban J connectivity index is 1.49. The van der Waals surface area contributed by atoms with Crippen LogP contribution in [0, 0.1) is 17.5 Å². The van der Waals surface area contributed by atoms with Gasteiger partial charge < -0.3 is 25.2 Å². The minimum atomic E-state index is -1.62. The predicted molar refractivity (Wildman–Crippen MR) is 143 cm³/mol. The number of thioether (sulfide) groups is 1. The van der Waals surface area contributed by atoms with Gasteiger partial charge in [-0.1, -0.05) is 47.7 Å². The summed E-state index contributed by atoms with van der Waals surface area (Å²) in [5, 5.41) is 52.6.